The SMILES string of the molecule is CN(C)Cc1cccc(-c2c(C#N)c(N)nc3c2CC(N)CC3)c1. The van der Waals surface area contributed by atoms with Crippen molar-refractivity contribution in [3.8, 4) is 17.2 Å². The molecule has 1 aliphatic rings. The van der Waals surface area contributed by atoms with Crippen molar-refractivity contribution in [1.29, 1.82) is 5.26 Å². The Morgan fingerprint density at radius 1 is 1.38 bits per heavy atom. The van der Waals surface area contributed by atoms with E-state index < -0.39 is 0 Å². The van der Waals surface area contributed by atoms with Crippen LogP contribution >= 0.6 is 0 Å². The lowest BCUT2D eigenvalue weighted by molar-refractivity contribution is 0.402. The summed E-state index contributed by atoms with van der Waals surface area (Å²) >= 11 is 0. The minimum atomic E-state index is 0.109. The second-order valence-electron chi connectivity index (χ2n) is 6.73. The summed E-state index contributed by atoms with van der Waals surface area (Å²) in [6.45, 7) is 0.845. The maximum absolute atomic E-state index is 9.63. The van der Waals surface area contributed by atoms with Gasteiger partial charge in [0.25, 0.3) is 0 Å². The molecule has 124 valence electrons. The summed E-state index contributed by atoms with van der Waals surface area (Å²) in [5, 5.41) is 9.63. The highest BCUT2D eigenvalue weighted by molar-refractivity contribution is 5.79. The molecule has 1 aromatic heterocycles. The Bertz CT molecular complexity index is 804. The van der Waals surface area contributed by atoms with Gasteiger partial charge in [-0.1, -0.05) is 18.2 Å². The summed E-state index contributed by atoms with van der Waals surface area (Å²) in [5.74, 6) is 0.319. The van der Waals surface area contributed by atoms with Crippen LogP contribution in [0, 0.1) is 11.3 Å². The molecular formula is C19H23N5. The monoisotopic (exact) mass is 321 g/mol. The van der Waals surface area contributed by atoms with Crippen LogP contribution in [0.15, 0.2) is 24.3 Å². The third kappa shape index (κ3) is 3.12. The van der Waals surface area contributed by atoms with Crippen molar-refractivity contribution in [3.63, 3.8) is 0 Å². The van der Waals surface area contributed by atoms with Crippen LogP contribution in [0.3, 0.4) is 0 Å². The first kappa shape index (κ1) is 16.4. The number of nitrogens with two attached hydrogens (primary N) is 2. The number of hydrogen-bond acceptors (Lipinski definition) is 5. The fourth-order valence-electron chi connectivity index (χ4n) is 3.43. The Morgan fingerprint density at radius 3 is 2.88 bits per heavy atom. The van der Waals surface area contributed by atoms with Gasteiger partial charge in [-0.3, -0.25) is 0 Å². The minimum absolute atomic E-state index is 0.109. The predicted molar refractivity (Wildman–Crippen MR) is 96.2 cm³/mol. The molecule has 0 saturated carbocycles. The molecule has 3 rings (SSSR count). The molecule has 5 nitrogen and oxygen atoms in total. The van der Waals surface area contributed by atoms with Crippen LogP contribution in [-0.2, 0) is 19.4 Å². The lowest BCUT2D eigenvalue weighted by Crippen LogP contribution is -2.29. The molecule has 1 aliphatic carbocycles. The highest BCUT2D eigenvalue weighted by Crippen LogP contribution is 2.36. The predicted octanol–water partition coefficient (Wildman–Crippen LogP) is 2.08. The molecular weight excluding hydrogens is 298 g/mol. The molecule has 1 unspecified atom stereocenters. The van der Waals surface area contributed by atoms with Crippen LogP contribution in [0.25, 0.3) is 11.1 Å². The maximum atomic E-state index is 9.63. The molecule has 0 aliphatic heterocycles. The van der Waals surface area contributed by atoms with Gasteiger partial charge in [0, 0.05) is 23.8 Å². The zero-order valence-electron chi connectivity index (χ0n) is 14.2. The van der Waals surface area contributed by atoms with Crippen LogP contribution in [-0.4, -0.2) is 30.0 Å². The number of pyridine rings is 1. The summed E-state index contributed by atoms with van der Waals surface area (Å²) in [4.78, 5) is 6.59. The normalized spacial score (nSPS) is 16.7. The van der Waals surface area contributed by atoms with Crippen LogP contribution < -0.4 is 11.5 Å². The van der Waals surface area contributed by atoms with Crippen LogP contribution in [0.1, 0.15) is 28.8 Å². The molecule has 0 saturated heterocycles. The van der Waals surface area contributed by atoms with Gasteiger partial charge in [-0.2, -0.15) is 5.26 Å². The zero-order valence-corrected chi connectivity index (χ0v) is 14.2. The Hall–Kier alpha value is -2.42. The van der Waals surface area contributed by atoms with Gasteiger partial charge in [0.15, 0.2) is 0 Å². The van der Waals surface area contributed by atoms with Crippen LogP contribution in [0.4, 0.5) is 5.82 Å². The van der Waals surface area contributed by atoms with E-state index in [2.05, 4.69) is 28.1 Å². The molecule has 0 radical (unpaired) electrons. The van der Waals surface area contributed by atoms with Gasteiger partial charge in [-0.25, -0.2) is 4.98 Å². The number of nitrogens with zero attached hydrogens (tertiary/aromatic N) is 3. The third-order valence-corrected chi connectivity index (χ3v) is 4.46. The number of nitriles is 1. The first-order chi connectivity index (χ1) is 11.5. The highest BCUT2D eigenvalue weighted by atomic mass is 15.0. The average Bonchev–Trinajstić information content (AvgIpc) is 2.53. The largest absolute Gasteiger partial charge is 0.383 e. The summed E-state index contributed by atoms with van der Waals surface area (Å²) < 4.78 is 0. The van der Waals surface area contributed by atoms with E-state index in [-0.39, 0.29) is 6.04 Å². The number of rotatable bonds is 3. The summed E-state index contributed by atoms with van der Waals surface area (Å²) in [6.07, 6.45) is 2.47. The Labute approximate surface area is 142 Å². The third-order valence-electron chi connectivity index (χ3n) is 4.46. The minimum Gasteiger partial charge on any atom is -0.383 e. The van der Waals surface area contributed by atoms with Crippen LogP contribution in [0.2, 0.25) is 0 Å². The lowest BCUT2D eigenvalue weighted by Gasteiger charge is -2.25. The Morgan fingerprint density at radius 2 is 2.17 bits per heavy atom. The number of benzene rings is 1. The van der Waals surface area contributed by atoms with E-state index in [0.717, 1.165) is 48.2 Å². The first-order valence-corrected chi connectivity index (χ1v) is 8.20. The van der Waals surface area contributed by atoms with Crippen molar-refractivity contribution in [2.45, 2.75) is 31.8 Å². The van der Waals surface area contributed by atoms with Gasteiger partial charge in [-0.05, 0) is 56.1 Å². The van der Waals surface area contributed by atoms with E-state index in [9.17, 15) is 5.26 Å². The van der Waals surface area contributed by atoms with Crippen molar-refractivity contribution in [2.75, 3.05) is 19.8 Å². The number of hydrogen-bond donors (Lipinski definition) is 2. The molecule has 1 atom stereocenters. The maximum Gasteiger partial charge on any atom is 0.142 e. The van der Waals surface area contributed by atoms with E-state index in [4.69, 9.17) is 11.5 Å². The van der Waals surface area contributed by atoms with E-state index in [1.54, 1.807) is 0 Å². The molecule has 0 bridgehead atoms. The van der Waals surface area contributed by atoms with E-state index in [0.29, 0.717) is 11.4 Å². The van der Waals surface area contributed by atoms with E-state index in [1.165, 1.54) is 5.56 Å². The van der Waals surface area contributed by atoms with Gasteiger partial charge >= 0.3 is 0 Å². The number of anilines is 1. The topological polar surface area (TPSA) is 92.0 Å². The molecule has 4 N–H and O–H groups in total. The van der Waals surface area contributed by atoms with Gasteiger partial charge in [-0.15, -0.1) is 0 Å². The lowest BCUT2D eigenvalue weighted by atomic mass is 9.84. The Kier molecular flexibility index (Phi) is 4.52. The summed E-state index contributed by atoms with van der Waals surface area (Å²) in [7, 11) is 4.08. The fraction of sp³-hybridized carbons (Fsp3) is 0.368. The molecule has 0 amide bonds. The standard InChI is InChI=1S/C19H23N5/c1-24(2)11-12-4-3-5-13(8-12)18-15-9-14(21)6-7-17(15)23-19(22)16(18)10-20/h3-5,8,14H,6-7,9,11,21H2,1-2H3,(H2,22,23). The highest BCUT2D eigenvalue weighted by Gasteiger charge is 2.25. The molecule has 1 aromatic carbocycles. The quantitative estimate of drug-likeness (QED) is 0.903. The van der Waals surface area contributed by atoms with Gasteiger partial charge < -0.3 is 16.4 Å². The second kappa shape index (κ2) is 6.60. The van der Waals surface area contributed by atoms with Gasteiger partial charge in [0.1, 0.15) is 17.5 Å². The molecule has 24 heavy (non-hydrogen) atoms. The van der Waals surface area contributed by atoms with Gasteiger partial charge in [0.05, 0.1) is 0 Å². The molecule has 5 heteroatoms. The number of aryl methyl sites for hydroxylation is 1. The smallest absolute Gasteiger partial charge is 0.142 e. The van der Waals surface area contributed by atoms with Crippen LogP contribution in [0.5, 0.6) is 0 Å². The second-order valence-corrected chi connectivity index (χ2v) is 6.73. The van der Waals surface area contributed by atoms with Crippen molar-refractivity contribution < 1.29 is 0 Å². The molecule has 0 spiro atoms. The molecule has 0 fully saturated rings. The number of nitrogen functional groups attached to an aromatic ring is 1. The van der Waals surface area contributed by atoms with Crippen molar-refractivity contribution in [2.24, 2.45) is 5.73 Å². The molecule has 2 aromatic rings. The fourth-order valence-corrected chi connectivity index (χ4v) is 3.43. The first-order valence-electron chi connectivity index (χ1n) is 8.20. The average molecular weight is 321 g/mol. The zero-order chi connectivity index (χ0) is 17.3. The summed E-state index contributed by atoms with van der Waals surface area (Å²) in [5.41, 5.74) is 17.9. The van der Waals surface area contributed by atoms with Crippen molar-refractivity contribution in [1.82, 2.24) is 9.88 Å². The van der Waals surface area contributed by atoms with E-state index in [1.807, 2.05) is 26.2 Å². The molecule has 1 heterocycles. The van der Waals surface area contributed by atoms with E-state index >= 15 is 0 Å². The number of fused-ring (bicyclic) bond motifs is 1. The Balaban J connectivity index is 2.20. The summed E-state index contributed by atoms with van der Waals surface area (Å²) in [6, 6.07) is 10.7. The number of aromatic nitrogens is 1. The van der Waals surface area contributed by atoms with Gasteiger partial charge in [0.2, 0.25) is 0 Å². The van der Waals surface area contributed by atoms with Crippen molar-refractivity contribution >= 4 is 5.82 Å². The van der Waals surface area contributed by atoms with Crippen molar-refractivity contribution in [3.05, 3.63) is 46.6 Å².